The maximum atomic E-state index is 2.32. The molecule has 110 valence electrons. The molecule has 0 atom stereocenters. The van der Waals surface area contributed by atoms with Crippen molar-refractivity contribution >= 4 is 0 Å². The monoisotopic (exact) mass is 278 g/mol. The SMILES string of the molecule is CCCCCc1cccc(-c2cccc3c2CCC3)c1C. The van der Waals surface area contributed by atoms with E-state index in [2.05, 4.69) is 50.2 Å². The van der Waals surface area contributed by atoms with Gasteiger partial charge >= 0.3 is 0 Å². The summed E-state index contributed by atoms with van der Waals surface area (Å²) in [7, 11) is 0. The van der Waals surface area contributed by atoms with Crippen LogP contribution < -0.4 is 0 Å². The third-order valence-electron chi connectivity index (χ3n) is 4.93. The lowest BCUT2D eigenvalue weighted by Crippen LogP contribution is -1.95. The van der Waals surface area contributed by atoms with Crippen LogP contribution in [0.1, 0.15) is 54.9 Å². The third-order valence-corrected chi connectivity index (χ3v) is 4.93. The van der Waals surface area contributed by atoms with Crippen LogP contribution in [0.2, 0.25) is 0 Å². The minimum Gasteiger partial charge on any atom is -0.0654 e. The van der Waals surface area contributed by atoms with Crippen LogP contribution in [0.25, 0.3) is 11.1 Å². The molecule has 0 radical (unpaired) electrons. The summed E-state index contributed by atoms with van der Waals surface area (Å²) in [6.45, 7) is 4.58. The van der Waals surface area contributed by atoms with Gasteiger partial charge in [0.05, 0.1) is 0 Å². The molecule has 1 aliphatic rings. The van der Waals surface area contributed by atoms with E-state index in [1.165, 1.54) is 67.2 Å². The maximum absolute atomic E-state index is 2.32. The average molecular weight is 278 g/mol. The van der Waals surface area contributed by atoms with Gasteiger partial charge in [0.15, 0.2) is 0 Å². The smallest absolute Gasteiger partial charge is 0.0146 e. The predicted octanol–water partition coefficient (Wildman–Crippen LogP) is 5.88. The van der Waals surface area contributed by atoms with Gasteiger partial charge in [-0.15, -0.1) is 0 Å². The zero-order valence-corrected chi connectivity index (χ0v) is 13.4. The van der Waals surface area contributed by atoms with Crippen LogP contribution >= 0.6 is 0 Å². The molecule has 0 bridgehead atoms. The van der Waals surface area contributed by atoms with Gasteiger partial charge in [0.2, 0.25) is 0 Å². The van der Waals surface area contributed by atoms with Crippen molar-refractivity contribution in [2.45, 2.75) is 58.8 Å². The number of rotatable bonds is 5. The molecule has 0 heterocycles. The Morgan fingerprint density at radius 2 is 1.71 bits per heavy atom. The van der Waals surface area contributed by atoms with E-state index in [1.54, 1.807) is 11.1 Å². The summed E-state index contributed by atoms with van der Waals surface area (Å²) in [4.78, 5) is 0. The molecule has 3 rings (SSSR count). The maximum Gasteiger partial charge on any atom is -0.0146 e. The molecule has 0 fully saturated rings. The minimum atomic E-state index is 1.22. The van der Waals surface area contributed by atoms with Crippen LogP contribution in [0.15, 0.2) is 36.4 Å². The van der Waals surface area contributed by atoms with Crippen LogP contribution in [0.5, 0.6) is 0 Å². The molecule has 0 heteroatoms. The lowest BCUT2D eigenvalue weighted by atomic mass is 9.90. The van der Waals surface area contributed by atoms with E-state index < -0.39 is 0 Å². The van der Waals surface area contributed by atoms with E-state index in [9.17, 15) is 0 Å². The molecule has 0 unspecified atom stereocenters. The molecule has 0 aliphatic heterocycles. The van der Waals surface area contributed by atoms with Crippen molar-refractivity contribution in [1.82, 2.24) is 0 Å². The molecule has 2 aromatic carbocycles. The summed E-state index contributed by atoms with van der Waals surface area (Å²) in [5.74, 6) is 0. The van der Waals surface area contributed by atoms with Crippen LogP contribution in [0, 0.1) is 6.92 Å². The van der Waals surface area contributed by atoms with Crippen LogP contribution in [0.3, 0.4) is 0 Å². The van der Waals surface area contributed by atoms with Gasteiger partial charge in [0.25, 0.3) is 0 Å². The van der Waals surface area contributed by atoms with E-state index in [0.29, 0.717) is 0 Å². The second-order valence-electron chi connectivity index (χ2n) is 6.34. The molecule has 2 aromatic rings. The van der Waals surface area contributed by atoms with Crippen molar-refractivity contribution in [2.24, 2.45) is 0 Å². The lowest BCUT2D eigenvalue weighted by molar-refractivity contribution is 0.715. The van der Waals surface area contributed by atoms with Gasteiger partial charge in [-0.2, -0.15) is 0 Å². The fourth-order valence-corrected chi connectivity index (χ4v) is 3.68. The largest absolute Gasteiger partial charge is 0.0654 e. The summed E-state index contributed by atoms with van der Waals surface area (Å²) in [6, 6.07) is 13.7. The summed E-state index contributed by atoms with van der Waals surface area (Å²) in [5, 5.41) is 0. The van der Waals surface area contributed by atoms with Crippen molar-refractivity contribution in [3.05, 3.63) is 58.7 Å². The molecule has 0 nitrogen and oxygen atoms in total. The lowest BCUT2D eigenvalue weighted by Gasteiger charge is -2.15. The Morgan fingerprint density at radius 3 is 2.57 bits per heavy atom. The molecule has 0 spiro atoms. The van der Waals surface area contributed by atoms with Crippen molar-refractivity contribution < 1.29 is 0 Å². The number of hydrogen-bond donors (Lipinski definition) is 0. The van der Waals surface area contributed by atoms with E-state index in [1.807, 2.05) is 0 Å². The topological polar surface area (TPSA) is 0 Å². The van der Waals surface area contributed by atoms with Gasteiger partial charge in [-0.05, 0) is 72.4 Å². The molecule has 0 saturated heterocycles. The van der Waals surface area contributed by atoms with Gasteiger partial charge < -0.3 is 0 Å². The Bertz CT molecular complexity index is 622. The van der Waals surface area contributed by atoms with Crippen LogP contribution in [-0.2, 0) is 19.3 Å². The van der Waals surface area contributed by atoms with E-state index in [-0.39, 0.29) is 0 Å². The molecular formula is C21H26. The van der Waals surface area contributed by atoms with Crippen molar-refractivity contribution in [2.75, 3.05) is 0 Å². The van der Waals surface area contributed by atoms with Crippen molar-refractivity contribution in [3.63, 3.8) is 0 Å². The van der Waals surface area contributed by atoms with Gasteiger partial charge in [0, 0.05) is 0 Å². The normalized spacial score (nSPS) is 13.4. The highest BCUT2D eigenvalue weighted by molar-refractivity contribution is 5.73. The Kier molecular flexibility index (Phi) is 4.43. The standard InChI is InChI=1S/C21H26/c1-3-4-5-9-17-10-6-13-19(16(17)2)21-15-8-12-18-11-7-14-20(18)21/h6,8,10,12-13,15H,3-5,7,9,11,14H2,1-2H3. The van der Waals surface area contributed by atoms with Gasteiger partial charge in [0.1, 0.15) is 0 Å². The quantitative estimate of drug-likeness (QED) is 0.599. The van der Waals surface area contributed by atoms with E-state index >= 15 is 0 Å². The van der Waals surface area contributed by atoms with Crippen LogP contribution in [0.4, 0.5) is 0 Å². The fourth-order valence-electron chi connectivity index (χ4n) is 3.68. The summed E-state index contributed by atoms with van der Waals surface area (Å²) in [6.07, 6.45) is 9.01. The first kappa shape index (κ1) is 14.4. The zero-order chi connectivity index (χ0) is 14.7. The van der Waals surface area contributed by atoms with Gasteiger partial charge in [-0.3, -0.25) is 0 Å². The second-order valence-corrected chi connectivity index (χ2v) is 6.34. The highest BCUT2D eigenvalue weighted by atomic mass is 14.2. The Balaban J connectivity index is 1.96. The van der Waals surface area contributed by atoms with Crippen molar-refractivity contribution in [1.29, 1.82) is 0 Å². The first-order valence-corrected chi connectivity index (χ1v) is 8.51. The number of fused-ring (bicyclic) bond motifs is 1. The fraction of sp³-hybridized carbons (Fsp3) is 0.429. The highest BCUT2D eigenvalue weighted by Gasteiger charge is 2.16. The zero-order valence-electron chi connectivity index (χ0n) is 13.4. The predicted molar refractivity (Wildman–Crippen MR) is 91.9 cm³/mol. The number of hydrogen-bond acceptors (Lipinski definition) is 0. The first-order valence-electron chi connectivity index (χ1n) is 8.51. The van der Waals surface area contributed by atoms with E-state index in [0.717, 1.165) is 0 Å². The van der Waals surface area contributed by atoms with Crippen LogP contribution in [-0.4, -0.2) is 0 Å². The molecule has 0 N–H and O–H groups in total. The average Bonchev–Trinajstić information content (AvgIpc) is 2.98. The Hall–Kier alpha value is -1.56. The second kappa shape index (κ2) is 6.47. The van der Waals surface area contributed by atoms with Gasteiger partial charge in [-0.25, -0.2) is 0 Å². The third kappa shape index (κ3) is 2.90. The Labute approximate surface area is 129 Å². The highest BCUT2D eigenvalue weighted by Crippen LogP contribution is 2.35. The molecular weight excluding hydrogens is 252 g/mol. The van der Waals surface area contributed by atoms with E-state index in [4.69, 9.17) is 0 Å². The van der Waals surface area contributed by atoms with Gasteiger partial charge in [-0.1, -0.05) is 56.2 Å². The summed E-state index contributed by atoms with van der Waals surface area (Å²) in [5.41, 5.74) is 9.16. The minimum absolute atomic E-state index is 1.22. The number of unbranched alkanes of at least 4 members (excludes halogenated alkanes) is 2. The van der Waals surface area contributed by atoms with Crippen molar-refractivity contribution in [3.8, 4) is 11.1 Å². The molecule has 1 aliphatic carbocycles. The molecule has 0 amide bonds. The summed E-state index contributed by atoms with van der Waals surface area (Å²) < 4.78 is 0. The first-order chi connectivity index (χ1) is 10.3. The summed E-state index contributed by atoms with van der Waals surface area (Å²) >= 11 is 0. The molecule has 0 aromatic heterocycles. The molecule has 0 saturated carbocycles. The molecule has 21 heavy (non-hydrogen) atoms. The Morgan fingerprint density at radius 1 is 0.905 bits per heavy atom. The number of benzene rings is 2. The number of aryl methyl sites for hydroxylation is 2.